The molecule has 1 rings (SSSR count). The maximum atomic E-state index is 5.70. The smallest absolute Gasteiger partial charge is 0.157 e. The summed E-state index contributed by atoms with van der Waals surface area (Å²) in [5.41, 5.74) is 1.11. The lowest BCUT2D eigenvalue weighted by molar-refractivity contribution is -0.155. The Bertz CT molecular complexity index is 383. The van der Waals surface area contributed by atoms with E-state index in [0.717, 1.165) is 25.0 Å². The van der Waals surface area contributed by atoms with Crippen molar-refractivity contribution in [2.45, 2.75) is 110 Å². The summed E-state index contributed by atoms with van der Waals surface area (Å²) < 4.78 is 11.3. The number of unbranched alkanes of at least 4 members (excludes halogenated alkanes) is 10. The third-order valence-electron chi connectivity index (χ3n) is 4.75. The summed E-state index contributed by atoms with van der Waals surface area (Å²) in [6, 6.07) is 0. The second-order valence-electron chi connectivity index (χ2n) is 7.25. The van der Waals surface area contributed by atoms with Crippen LogP contribution in [0.5, 0.6) is 0 Å². The highest BCUT2D eigenvalue weighted by molar-refractivity contribution is 5.26. The van der Waals surface area contributed by atoms with E-state index in [1.54, 1.807) is 0 Å². The van der Waals surface area contributed by atoms with Crippen molar-refractivity contribution in [3.8, 4) is 11.8 Å². The van der Waals surface area contributed by atoms with E-state index < -0.39 is 0 Å². The standard InChI is InChI=1S/C23H40O2/c1-3-4-5-6-7-8-9-10-11-12-13-14-17-22(2)19-21-25-23-18-15-16-20-24-23/h19,23H,3-13,15-16,18,20-21H2,1-2H3/b22-19+. The van der Waals surface area contributed by atoms with Crippen LogP contribution in [0.25, 0.3) is 0 Å². The number of hydrogen-bond acceptors (Lipinski definition) is 2. The van der Waals surface area contributed by atoms with Gasteiger partial charge in [0.1, 0.15) is 0 Å². The Labute approximate surface area is 156 Å². The summed E-state index contributed by atoms with van der Waals surface area (Å²) in [7, 11) is 0. The number of allylic oxidation sites excluding steroid dienone is 1. The molecule has 0 bridgehead atoms. The minimum atomic E-state index is -0.00240. The highest BCUT2D eigenvalue weighted by Crippen LogP contribution is 2.14. The van der Waals surface area contributed by atoms with Gasteiger partial charge in [-0.15, -0.1) is 0 Å². The number of rotatable bonds is 13. The summed E-state index contributed by atoms with van der Waals surface area (Å²) in [6.45, 7) is 5.80. The van der Waals surface area contributed by atoms with E-state index in [1.165, 1.54) is 77.0 Å². The van der Waals surface area contributed by atoms with Crippen molar-refractivity contribution in [1.29, 1.82) is 0 Å². The van der Waals surface area contributed by atoms with Crippen molar-refractivity contribution in [2.24, 2.45) is 0 Å². The molecule has 1 unspecified atom stereocenters. The monoisotopic (exact) mass is 348 g/mol. The molecule has 0 spiro atoms. The molecule has 1 aliphatic rings. The lowest BCUT2D eigenvalue weighted by atomic mass is 10.1. The second-order valence-corrected chi connectivity index (χ2v) is 7.25. The van der Waals surface area contributed by atoms with Gasteiger partial charge in [0.05, 0.1) is 6.61 Å². The molecule has 0 amide bonds. The maximum Gasteiger partial charge on any atom is 0.157 e. The fourth-order valence-corrected chi connectivity index (χ4v) is 3.08. The van der Waals surface area contributed by atoms with Crippen LogP contribution in [-0.2, 0) is 9.47 Å². The molecule has 1 atom stereocenters. The SMILES string of the molecule is CCCCCCCCCCCCC#C/C(C)=C/COC1CCCCO1. The molecule has 0 N–H and O–H groups in total. The molecule has 2 nitrogen and oxygen atoms in total. The molecule has 1 saturated heterocycles. The van der Waals surface area contributed by atoms with E-state index >= 15 is 0 Å². The van der Waals surface area contributed by atoms with Gasteiger partial charge in [-0.3, -0.25) is 0 Å². The molecular weight excluding hydrogens is 308 g/mol. The van der Waals surface area contributed by atoms with Crippen molar-refractivity contribution in [2.75, 3.05) is 13.2 Å². The Morgan fingerprint density at radius 3 is 2.32 bits per heavy atom. The average Bonchev–Trinajstić information content (AvgIpc) is 2.63. The molecule has 0 aromatic carbocycles. The van der Waals surface area contributed by atoms with Gasteiger partial charge < -0.3 is 9.47 Å². The van der Waals surface area contributed by atoms with Crippen LogP contribution < -0.4 is 0 Å². The third-order valence-corrected chi connectivity index (χ3v) is 4.75. The van der Waals surface area contributed by atoms with E-state index in [1.807, 2.05) is 0 Å². The van der Waals surface area contributed by atoms with Gasteiger partial charge in [-0.05, 0) is 44.3 Å². The van der Waals surface area contributed by atoms with E-state index in [-0.39, 0.29) is 6.29 Å². The molecule has 25 heavy (non-hydrogen) atoms. The van der Waals surface area contributed by atoms with E-state index in [2.05, 4.69) is 31.8 Å². The van der Waals surface area contributed by atoms with Crippen LogP contribution in [0, 0.1) is 11.8 Å². The van der Waals surface area contributed by atoms with Gasteiger partial charge in [-0.2, -0.15) is 0 Å². The van der Waals surface area contributed by atoms with Crippen LogP contribution in [0.1, 0.15) is 104 Å². The number of hydrogen-bond donors (Lipinski definition) is 0. The quantitative estimate of drug-likeness (QED) is 0.269. The molecule has 0 saturated carbocycles. The highest BCUT2D eigenvalue weighted by Gasteiger charge is 2.12. The molecule has 2 heteroatoms. The van der Waals surface area contributed by atoms with Gasteiger partial charge in [-0.1, -0.05) is 76.6 Å². The van der Waals surface area contributed by atoms with Gasteiger partial charge >= 0.3 is 0 Å². The zero-order chi connectivity index (χ0) is 18.0. The second kappa shape index (κ2) is 16.7. The lowest BCUT2D eigenvalue weighted by Gasteiger charge is -2.21. The predicted molar refractivity (Wildman–Crippen MR) is 108 cm³/mol. The zero-order valence-electron chi connectivity index (χ0n) is 16.8. The summed E-state index contributed by atoms with van der Waals surface area (Å²) in [5.74, 6) is 6.54. The summed E-state index contributed by atoms with van der Waals surface area (Å²) in [6.07, 6.45) is 20.3. The Balaban J connectivity index is 1.90. The third kappa shape index (κ3) is 14.1. The van der Waals surface area contributed by atoms with Crippen molar-refractivity contribution < 1.29 is 9.47 Å². The molecule has 144 valence electrons. The summed E-state index contributed by atoms with van der Waals surface area (Å²) in [5, 5.41) is 0. The molecule has 1 aliphatic heterocycles. The first-order valence-corrected chi connectivity index (χ1v) is 10.7. The van der Waals surface area contributed by atoms with Crippen molar-refractivity contribution in [3.63, 3.8) is 0 Å². The molecule has 0 aliphatic carbocycles. The van der Waals surface area contributed by atoms with Gasteiger partial charge in [0, 0.05) is 13.0 Å². The topological polar surface area (TPSA) is 18.5 Å². The first-order chi connectivity index (χ1) is 12.3. The van der Waals surface area contributed by atoms with Crippen molar-refractivity contribution in [3.05, 3.63) is 11.6 Å². The Morgan fingerprint density at radius 1 is 1.00 bits per heavy atom. The van der Waals surface area contributed by atoms with Crippen molar-refractivity contribution >= 4 is 0 Å². The van der Waals surface area contributed by atoms with Crippen LogP contribution in [0.2, 0.25) is 0 Å². The Hall–Kier alpha value is -0.780. The van der Waals surface area contributed by atoms with Crippen LogP contribution in [0.15, 0.2) is 11.6 Å². The fraction of sp³-hybridized carbons (Fsp3) is 0.826. The van der Waals surface area contributed by atoms with Crippen LogP contribution in [-0.4, -0.2) is 19.5 Å². The van der Waals surface area contributed by atoms with Crippen LogP contribution in [0.3, 0.4) is 0 Å². The molecule has 1 fully saturated rings. The number of ether oxygens (including phenoxy) is 2. The van der Waals surface area contributed by atoms with E-state index in [0.29, 0.717) is 6.61 Å². The summed E-state index contributed by atoms with van der Waals surface area (Å²) in [4.78, 5) is 0. The first kappa shape index (κ1) is 22.3. The van der Waals surface area contributed by atoms with Gasteiger partial charge in [0.15, 0.2) is 6.29 Å². The highest BCUT2D eigenvalue weighted by atomic mass is 16.7. The fourth-order valence-electron chi connectivity index (χ4n) is 3.08. The average molecular weight is 349 g/mol. The minimum absolute atomic E-state index is 0.00240. The first-order valence-electron chi connectivity index (χ1n) is 10.7. The van der Waals surface area contributed by atoms with Gasteiger partial charge in [0.25, 0.3) is 0 Å². The molecule has 0 aromatic rings. The Morgan fingerprint density at radius 2 is 1.68 bits per heavy atom. The van der Waals surface area contributed by atoms with Crippen LogP contribution >= 0.6 is 0 Å². The summed E-state index contributed by atoms with van der Waals surface area (Å²) >= 11 is 0. The Kier molecular flexibility index (Phi) is 14.8. The molecular formula is C23H40O2. The lowest BCUT2D eigenvalue weighted by Crippen LogP contribution is -2.22. The molecule has 0 radical (unpaired) electrons. The molecule has 0 aromatic heterocycles. The normalized spacial score (nSPS) is 18.0. The van der Waals surface area contributed by atoms with Crippen LogP contribution in [0.4, 0.5) is 0 Å². The van der Waals surface area contributed by atoms with Crippen molar-refractivity contribution in [1.82, 2.24) is 0 Å². The minimum Gasteiger partial charge on any atom is -0.353 e. The van der Waals surface area contributed by atoms with E-state index in [4.69, 9.17) is 9.47 Å². The maximum absolute atomic E-state index is 5.70. The molecule has 1 heterocycles. The van der Waals surface area contributed by atoms with E-state index in [9.17, 15) is 0 Å². The predicted octanol–water partition coefficient (Wildman–Crippen LogP) is 6.79. The largest absolute Gasteiger partial charge is 0.353 e. The van der Waals surface area contributed by atoms with Gasteiger partial charge in [-0.25, -0.2) is 0 Å². The zero-order valence-corrected chi connectivity index (χ0v) is 16.8. The van der Waals surface area contributed by atoms with Gasteiger partial charge in [0.2, 0.25) is 0 Å².